The van der Waals surface area contributed by atoms with Gasteiger partial charge in [0.25, 0.3) is 0 Å². The molecule has 1 aromatic heterocycles. The molecule has 9 aromatic rings. The molecule has 1 heteroatoms. The highest BCUT2D eigenvalue weighted by Gasteiger charge is 2.19. The molecule has 9 rings (SSSR count). The lowest BCUT2D eigenvalue weighted by Crippen LogP contribution is -1.93. The molecule has 1 nitrogen and oxygen atoms in total. The van der Waals surface area contributed by atoms with Gasteiger partial charge < -0.3 is 4.57 Å². The Kier molecular flexibility index (Phi) is 5.24. The lowest BCUT2D eigenvalue weighted by atomic mass is 9.83. The third kappa shape index (κ3) is 3.46. The van der Waals surface area contributed by atoms with Gasteiger partial charge in [0.05, 0.1) is 0 Å². The van der Waals surface area contributed by atoms with Crippen LogP contribution in [0.2, 0.25) is 0 Å². The fourth-order valence-electron chi connectivity index (χ4n) is 7.54. The molecule has 0 saturated heterocycles. The second-order valence-corrected chi connectivity index (χ2v) is 11.5. The highest BCUT2D eigenvalue weighted by molar-refractivity contribution is 6.26. The van der Waals surface area contributed by atoms with E-state index in [1.807, 2.05) is 0 Å². The maximum atomic E-state index is 2.43. The van der Waals surface area contributed by atoms with Gasteiger partial charge in [-0.1, -0.05) is 121 Å². The molecular formula is C42H29N. The van der Waals surface area contributed by atoms with Gasteiger partial charge in [-0.2, -0.15) is 0 Å². The standard InChI is InChI=1S/C42H29N/c1-2-43-39-22-12-11-17-32(39)37-26-28(23-24-40(37)43)41-33-18-7-9-20-35(33)42(36-21-10-8-19-34(36)41)38-25-27-13-3-4-14-29(27)30-15-5-6-16-31(30)38/h3-26H,2H2,1H3. The molecule has 0 radical (unpaired) electrons. The summed E-state index contributed by atoms with van der Waals surface area (Å²) in [7, 11) is 0. The van der Waals surface area contributed by atoms with Crippen LogP contribution in [-0.2, 0) is 6.54 Å². The quantitative estimate of drug-likeness (QED) is 0.153. The predicted octanol–water partition coefficient (Wildman–Crippen LogP) is 11.8. The van der Waals surface area contributed by atoms with E-state index in [2.05, 4.69) is 157 Å². The van der Waals surface area contributed by atoms with Crippen molar-refractivity contribution in [1.29, 1.82) is 0 Å². The van der Waals surface area contributed by atoms with E-state index in [-0.39, 0.29) is 0 Å². The first-order valence-corrected chi connectivity index (χ1v) is 15.2. The SMILES string of the molecule is CCn1c2ccccc2c2cc(-c3c4ccccc4c(-c4cc5ccccc5c5ccccc45)c4ccccc34)ccc21. The minimum absolute atomic E-state index is 0.948. The van der Waals surface area contributed by atoms with E-state index in [9.17, 15) is 0 Å². The van der Waals surface area contributed by atoms with Crippen molar-refractivity contribution < 1.29 is 0 Å². The molecule has 0 fully saturated rings. The monoisotopic (exact) mass is 547 g/mol. The van der Waals surface area contributed by atoms with Gasteiger partial charge in [-0.15, -0.1) is 0 Å². The van der Waals surface area contributed by atoms with Crippen molar-refractivity contribution in [1.82, 2.24) is 4.57 Å². The van der Waals surface area contributed by atoms with Crippen LogP contribution in [0.25, 0.3) is 87.1 Å². The topological polar surface area (TPSA) is 4.93 Å². The molecular weight excluding hydrogens is 518 g/mol. The third-order valence-electron chi connectivity index (χ3n) is 9.35. The first-order valence-electron chi connectivity index (χ1n) is 15.2. The highest BCUT2D eigenvalue weighted by atomic mass is 15.0. The Morgan fingerprint density at radius 2 is 0.907 bits per heavy atom. The van der Waals surface area contributed by atoms with Gasteiger partial charge >= 0.3 is 0 Å². The molecule has 0 aliphatic carbocycles. The van der Waals surface area contributed by atoms with E-state index >= 15 is 0 Å². The maximum Gasteiger partial charge on any atom is 0.0491 e. The van der Waals surface area contributed by atoms with Crippen molar-refractivity contribution in [2.75, 3.05) is 0 Å². The van der Waals surface area contributed by atoms with Gasteiger partial charge in [0.1, 0.15) is 0 Å². The van der Waals surface area contributed by atoms with Crippen LogP contribution in [0.1, 0.15) is 6.92 Å². The van der Waals surface area contributed by atoms with E-state index in [0.29, 0.717) is 0 Å². The first kappa shape index (κ1) is 24.2. The predicted molar refractivity (Wildman–Crippen MR) is 186 cm³/mol. The number of fused-ring (bicyclic) bond motifs is 8. The van der Waals surface area contributed by atoms with Crippen molar-refractivity contribution in [2.45, 2.75) is 13.5 Å². The van der Waals surface area contributed by atoms with Gasteiger partial charge in [-0.25, -0.2) is 0 Å². The van der Waals surface area contributed by atoms with Crippen molar-refractivity contribution in [2.24, 2.45) is 0 Å². The second-order valence-electron chi connectivity index (χ2n) is 11.5. The van der Waals surface area contributed by atoms with Gasteiger partial charge in [0.2, 0.25) is 0 Å². The Morgan fingerprint density at radius 1 is 0.395 bits per heavy atom. The first-order chi connectivity index (χ1) is 21.3. The summed E-state index contributed by atoms with van der Waals surface area (Å²) in [6, 6.07) is 53.9. The van der Waals surface area contributed by atoms with Crippen LogP contribution < -0.4 is 0 Å². The molecule has 43 heavy (non-hydrogen) atoms. The molecule has 8 aromatic carbocycles. The Balaban J connectivity index is 1.42. The molecule has 0 aliphatic heterocycles. The van der Waals surface area contributed by atoms with E-state index in [1.165, 1.54) is 87.1 Å². The zero-order valence-corrected chi connectivity index (χ0v) is 24.0. The molecule has 0 atom stereocenters. The fraction of sp³-hybridized carbons (Fsp3) is 0.0476. The molecule has 0 N–H and O–H groups in total. The number of hydrogen-bond donors (Lipinski definition) is 0. The minimum atomic E-state index is 0.948. The molecule has 0 spiro atoms. The number of hydrogen-bond acceptors (Lipinski definition) is 0. The van der Waals surface area contributed by atoms with E-state index < -0.39 is 0 Å². The summed E-state index contributed by atoms with van der Waals surface area (Å²) in [5.41, 5.74) is 7.74. The third-order valence-corrected chi connectivity index (χ3v) is 9.35. The molecule has 0 aliphatic rings. The van der Waals surface area contributed by atoms with E-state index in [0.717, 1.165) is 6.54 Å². The summed E-state index contributed by atoms with van der Waals surface area (Å²) in [5.74, 6) is 0. The van der Waals surface area contributed by atoms with Gasteiger partial charge in [-0.3, -0.25) is 0 Å². The number of nitrogens with zero attached hydrogens (tertiary/aromatic N) is 1. The Morgan fingerprint density at radius 3 is 1.58 bits per heavy atom. The summed E-state index contributed by atoms with van der Waals surface area (Å²) < 4.78 is 2.43. The minimum Gasteiger partial charge on any atom is -0.341 e. The van der Waals surface area contributed by atoms with E-state index in [1.54, 1.807) is 0 Å². The number of rotatable bonds is 3. The second kappa shape index (κ2) is 9.31. The zero-order valence-electron chi connectivity index (χ0n) is 24.0. The average Bonchev–Trinajstić information content (AvgIpc) is 3.39. The summed E-state index contributed by atoms with van der Waals surface area (Å²) in [6.07, 6.45) is 0. The van der Waals surface area contributed by atoms with Crippen LogP contribution in [0.15, 0.2) is 146 Å². The Hall–Kier alpha value is -5.40. The van der Waals surface area contributed by atoms with Crippen molar-refractivity contribution >= 4 is 64.9 Å². The number of aromatic nitrogens is 1. The molecule has 1 heterocycles. The van der Waals surface area contributed by atoms with Crippen LogP contribution in [-0.4, -0.2) is 4.57 Å². The van der Waals surface area contributed by atoms with Gasteiger partial charge in [0.15, 0.2) is 0 Å². The molecule has 0 saturated carbocycles. The smallest absolute Gasteiger partial charge is 0.0491 e. The molecule has 202 valence electrons. The zero-order chi connectivity index (χ0) is 28.5. The summed E-state index contributed by atoms with van der Waals surface area (Å²) in [4.78, 5) is 0. The van der Waals surface area contributed by atoms with E-state index in [4.69, 9.17) is 0 Å². The largest absolute Gasteiger partial charge is 0.341 e. The summed E-state index contributed by atoms with van der Waals surface area (Å²) >= 11 is 0. The lowest BCUT2D eigenvalue weighted by Gasteiger charge is -2.19. The maximum absolute atomic E-state index is 2.43. The summed E-state index contributed by atoms with van der Waals surface area (Å²) in [6.45, 7) is 3.18. The normalized spacial score (nSPS) is 11.9. The van der Waals surface area contributed by atoms with Crippen molar-refractivity contribution in [3.05, 3.63) is 146 Å². The highest BCUT2D eigenvalue weighted by Crippen LogP contribution is 2.47. The van der Waals surface area contributed by atoms with Gasteiger partial charge in [0, 0.05) is 28.4 Å². The van der Waals surface area contributed by atoms with Crippen molar-refractivity contribution in [3.8, 4) is 22.3 Å². The molecule has 0 unspecified atom stereocenters. The summed E-state index contributed by atoms with van der Waals surface area (Å²) in [5, 5.41) is 12.9. The Bertz CT molecular complexity index is 2490. The Labute approximate surface area is 250 Å². The van der Waals surface area contributed by atoms with Crippen LogP contribution >= 0.6 is 0 Å². The molecule has 0 bridgehead atoms. The number of para-hydroxylation sites is 1. The van der Waals surface area contributed by atoms with Crippen LogP contribution in [0.3, 0.4) is 0 Å². The lowest BCUT2D eigenvalue weighted by molar-refractivity contribution is 0.827. The number of aryl methyl sites for hydroxylation is 1. The number of benzene rings is 8. The van der Waals surface area contributed by atoms with Crippen molar-refractivity contribution in [3.63, 3.8) is 0 Å². The van der Waals surface area contributed by atoms with Gasteiger partial charge in [-0.05, 0) is 96.5 Å². The molecule has 0 amide bonds. The average molecular weight is 548 g/mol. The van der Waals surface area contributed by atoms with Crippen LogP contribution in [0, 0.1) is 0 Å². The van der Waals surface area contributed by atoms with Crippen LogP contribution in [0.5, 0.6) is 0 Å². The fourth-order valence-corrected chi connectivity index (χ4v) is 7.54. The van der Waals surface area contributed by atoms with Crippen LogP contribution in [0.4, 0.5) is 0 Å².